The number of nitrogen functional groups attached to an aromatic ring is 1. The molecule has 0 aromatic carbocycles. The maximum absolute atomic E-state index is 12.9. The van der Waals surface area contributed by atoms with Gasteiger partial charge in [0, 0.05) is 16.7 Å². The number of thiazole rings is 1. The molecule has 4 N–H and O–H groups in total. The number of carbonyl (C=O) groups excluding carboxylic acids is 3. The normalized spacial score (nSPS) is 20.6. The van der Waals surface area contributed by atoms with Crippen LogP contribution in [-0.2, 0) is 28.8 Å². The first-order valence-electron chi connectivity index (χ1n) is 8.75. The van der Waals surface area contributed by atoms with Gasteiger partial charge in [-0.1, -0.05) is 16.8 Å². The molecule has 0 aliphatic carbocycles. The Morgan fingerprint density at radius 2 is 2.25 bits per heavy atom. The van der Waals surface area contributed by atoms with Crippen molar-refractivity contribution in [1.29, 1.82) is 0 Å². The lowest BCUT2D eigenvalue weighted by atomic mass is 10.0. The summed E-state index contributed by atoms with van der Waals surface area (Å²) in [5.74, 6) is -3.15. The molecule has 32 heavy (non-hydrogen) atoms. The van der Waals surface area contributed by atoms with Crippen LogP contribution in [0.2, 0.25) is 0 Å². The monoisotopic (exact) mass is 501 g/mol. The summed E-state index contributed by atoms with van der Waals surface area (Å²) in [7, 11) is 1.16. The van der Waals surface area contributed by atoms with Crippen LogP contribution in [0.5, 0.6) is 0 Å². The van der Waals surface area contributed by atoms with Crippen LogP contribution in [0.4, 0.5) is 5.13 Å². The standard InChI is InChI=1S/C17H16ClN5O7S2/c1-29-9(24)4-30-22-10(8-6-32-17(19)20-8)13(25)21-11-14(26)23-12(16(27)28)7(2-3-18)5-31-15(11)23/h2-3,6,11,15H,4-5H2,1H3,(H2,19,20)(H,21,25)(H,27,28)/t11?,15-/m0/s1. The van der Waals surface area contributed by atoms with Crippen molar-refractivity contribution < 1.29 is 33.9 Å². The smallest absolute Gasteiger partial charge is 0.352 e. The Morgan fingerprint density at radius 3 is 2.84 bits per heavy atom. The van der Waals surface area contributed by atoms with Crippen molar-refractivity contribution in [2.45, 2.75) is 11.4 Å². The predicted octanol–water partition coefficient (Wildman–Crippen LogP) is 0.110. The quantitative estimate of drug-likeness (QED) is 0.192. The molecule has 3 heterocycles. The lowest BCUT2D eigenvalue weighted by molar-refractivity contribution is -0.150. The zero-order chi connectivity index (χ0) is 23.4. The van der Waals surface area contributed by atoms with Gasteiger partial charge in [-0.2, -0.15) is 0 Å². The summed E-state index contributed by atoms with van der Waals surface area (Å²) in [6, 6.07) is -1.01. The molecule has 170 valence electrons. The van der Waals surface area contributed by atoms with Gasteiger partial charge in [-0.25, -0.2) is 14.6 Å². The summed E-state index contributed by atoms with van der Waals surface area (Å²) in [6.45, 7) is -0.550. The zero-order valence-electron chi connectivity index (χ0n) is 16.3. The van der Waals surface area contributed by atoms with Crippen molar-refractivity contribution in [3.8, 4) is 0 Å². The molecule has 1 fully saturated rings. The maximum atomic E-state index is 12.9. The molecule has 2 aliphatic rings. The number of carboxylic acid groups (broad SMARTS) is 1. The maximum Gasteiger partial charge on any atom is 0.352 e. The van der Waals surface area contributed by atoms with Crippen LogP contribution in [-0.4, -0.2) is 75.3 Å². The number of methoxy groups -OCH3 is 1. The van der Waals surface area contributed by atoms with Crippen LogP contribution >= 0.6 is 34.7 Å². The van der Waals surface area contributed by atoms with Gasteiger partial charge in [-0.05, 0) is 11.6 Å². The number of ether oxygens (including phenoxy) is 1. The number of oxime groups is 1. The highest BCUT2D eigenvalue weighted by Crippen LogP contribution is 2.40. The number of anilines is 1. The molecule has 12 nitrogen and oxygen atoms in total. The minimum absolute atomic E-state index is 0.0791. The molecule has 3 rings (SSSR count). The van der Waals surface area contributed by atoms with Crippen molar-refractivity contribution in [2.24, 2.45) is 5.16 Å². The zero-order valence-corrected chi connectivity index (χ0v) is 18.7. The topological polar surface area (TPSA) is 174 Å². The third-order valence-electron chi connectivity index (χ3n) is 4.30. The number of hydrogen-bond acceptors (Lipinski definition) is 11. The van der Waals surface area contributed by atoms with E-state index in [0.717, 1.165) is 23.3 Å². The molecule has 2 aliphatic heterocycles. The number of halogens is 1. The summed E-state index contributed by atoms with van der Waals surface area (Å²) in [5, 5.41) is 16.7. The van der Waals surface area contributed by atoms with Gasteiger partial charge in [0.05, 0.1) is 7.11 Å². The number of esters is 1. The van der Waals surface area contributed by atoms with E-state index in [1.54, 1.807) is 0 Å². The van der Waals surface area contributed by atoms with Crippen LogP contribution in [0.15, 0.2) is 33.4 Å². The number of amides is 2. The van der Waals surface area contributed by atoms with E-state index in [0.29, 0.717) is 5.57 Å². The van der Waals surface area contributed by atoms with Crippen molar-refractivity contribution in [3.63, 3.8) is 0 Å². The van der Waals surface area contributed by atoms with Gasteiger partial charge in [0.25, 0.3) is 11.8 Å². The first-order chi connectivity index (χ1) is 15.3. The molecule has 1 aromatic heterocycles. The number of nitrogens with one attached hydrogen (secondary N) is 1. The number of aromatic nitrogens is 1. The van der Waals surface area contributed by atoms with E-state index in [1.165, 1.54) is 28.8 Å². The number of allylic oxidation sites excluding steroid dienone is 1. The molecule has 15 heteroatoms. The Kier molecular flexibility index (Phi) is 7.37. The minimum Gasteiger partial charge on any atom is -0.477 e. The van der Waals surface area contributed by atoms with Gasteiger partial charge in [-0.3, -0.25) is 14.5 Å². The summed E-state index contributed by atoms with van der Waals surface area (Å²) >= 11 is 7.88. The van der Waals surface area contributed by atoms with Crippen LogP contribution in [0.3, 0.4) is 0 Å². The molecule has 2 amide bonds. The Hall–Kier alpha value is -3.10. The number of thioether (sulfide) groups is 1. The number of nitrogens with zero attached hydrogens (tertiary/aromatic N) is 3. The second-order valence-corrected chi connectivity index (χ2v) is 8.44. The van der Waals surface area contributed by atoms with Crippen molar-refractivity contribution in [3.05, 3.63) is 34.0 Å². The van der Waals surface area contributed by atoms with E-state index >= 15 is 0 Å². The number of aliphatic carboxylic acids is 1. The van der Waals surface area contributed by atoms with E-state index < -0.39 is 41.8 Å². The number of carboxylic acids is 1. The summed E-state index contributed by atoms with van der Waals surface area (Å²) < 4.78 is 4.44. The van der Waals surface area contributed by atoms with E-state index in [9.17, 15) is 24.3 Å². The number of rotatable bonds is 8. The fourth-order valence-corrected chi connectivity index (χ4v) is 4.88. The van der Waals surface area contributed by atoms with Gasteiger partial charge >= 0.3 is 11.9 Å². The largest absolute Gasteiger partial charge is 0.477 e. The number of fused-ring (bicyclic) bond motifs is 1. The van der Waals surface area contributed by atoms with Crippen LogP contribution in [0, 0.1) is 0 Å². The van der Waals surface area contributed by atoms with E-state index in [1.807, 2.05) is 0 Å². The molecule has 1 unspecified atom stereocenters. The number of hydrogen-bond donors (Lipinski definition) is 3. The van der Waals surface area contributed by atoms with Gasteiger partial charge in [0.15, 0.2) is 10.8 Å². The highest BCUT2D eigenvalue weighted by atomic mass is 35.5. The molecule has 1 saturated heterocycles. The van der Waals surface area contributed by atoms with Crippen LogP contribution in [0.25, 0.3) is 0 Å². The average molecular weight is 502 g/mol. The van der Waals surface area contributed by atoms with Gasteiger partial charge in [0.1, 0.15) is 22.8 Å². The Labute approximate surface area is 194 Å². The molecule has 0 saturated carbocycles. The first-order valence-corrected chi connectivity index (χ1v) is 11.1. The van der Waals surface area contributed by atoms with Gasteiger partial charge < -0.3 is 25.7 Å². The number of carbonyl (C=O) groups is 4. The van der Waals surface area contributed by atoms with Crippen molar-refractivity contribution >= 4 is 69.3 Å². The Morgan fingerprint density at radius 1 is 1.50 bits per heavy atom. The summed E-state index contributed by atoms with van der Waals surface area (Å²) in [4.78, 5) is 58.4. The number of nitrogens with two attached hydrogens (primary N) is 1. The van der Waals surface area contributed by atoms with Crippen LogP contribution in [0.1, 0.15) is 5.69 Å². The second kappa shape index (κ2) is 10.0. The number of β-lactam (4-membered cyclic amide) rings is 1. The van der Waals surface area contributed by atoms with E-state index in [2.05, 4.69) is 20.2 Å². The fraction of sp³-hybridized carbons (Fsp3) is 0.294. The third kappa shape index (κ3) is 4.71. The molecule has 0 spiro atoms. The lowest BCUT2D eigenvalue weighted by Crippen LogP contribution is -2.71. The SMILES string of the molecule is COC(=O)CON=C(C(=O)NC1C(=O)N2C(C(=O)O)=C(C=CCl)CS[C@@H]12)c1csc(N)n1. The Balaban J connectivity index is 1.79. The molecule has 0 bridgehead atoms. The second-order valence-electron chi connectivity index (χ2n) is 6.19. The van der Waals surface area contributed by atoms with Gasteiger partial charge in [0.2, 0.25) is 6.61 Å². The predicted molar refractivity (Wildman–Crippen MR) is 116 cm³/mol. The molecule has 1 aromatic rings. The highest BCUT2D eigenvalue weighted by Gasteiger charge is 2.54. The summed E-state index contributed by atoms with van der Waals surface area (Å²) in [6.07, 6.45) is 1.41. The first kappa shape index (κ1) is 23.6. The Bertz CT molecular complexity index is 1050. The van der Waals surface area contributed by atoms with Crippen LogP contribution < -0.4 is 11.1 Å². The van der Waals surface area contributed by atoms with E-state index in [4.69, 9.17) is 22.2 Å². The molecule has 0 radical (unpaired) electrons. The van der Waals surface area contributed by atoms with Crippen molar-refractivity contribution in [1.82, 2.24) is 15.2 Å². The molecular formula is C17H16ClN5O7S2. The summed E-state index contributed by atoms with van der Waals surface area (Å²) in [5.41, 5.74) is 6.73. The molecular weight excluding hydrogens is 486 g/mol. The molecule has 2 atom stereocenters. The minimum atomic E-state index is -1.28. The lowest BCUT2D eigenvalue weighted by Gasteiger charge is -2.49. The van der Waals surface area contributed by atoms with Gasteiger partial charge in [-0.15, -0.1) is 23.1 Å². The van der Waals surface area contributed by atoms with E-state index in [-0.39, 0.29) is 28.0 Å². The highest BCUT2D eigenvalue weighted by molar-refractivity contribution is 8.00. The third-order valence-corrected chi connectivity index (χ3v) is 6.40. The average Bonchev–Trinajstić information content (AvgIpc) is 3.20. The van der Waals surface area contributed by atoms with Crippen molar-refractivity contribution in [2.75, 3.05) is 25.2 Å². The fourth-order valence-electron chi connectivity index (χ4n) is 2.87.